The molecule has 2 heterocycles. The molecule has 0 radical (unpaired) electrons. The molecule has 2 aliphatic heterocycles. The fraction of sp³-hybridized carbons (Fsp3) is 0.714. The van der Waals surface area contributed by atoms with Gasteiger partial charge in [0, 0.05) is 17.5 Å². The molecule has 2 aliphatic rings. The minimum Gasteiger partial charge on any atom is -0.493 e. The van der Waals surface area contributed by atoms with Crippen LogP contribution in [0.25, 0.3) is 0 Å². The number of likely N-dealkylation sites (tertiary alicyclic amines) is 1. The number of ether oxygens (including phenoxy) is 1. The van der Waals surface area contributed by atoms with Crippen LogP contribution >= 0.6 is 0 Å². The summed E-state index contributed by atoms with van der Waals surface area (Å²) in [5, 5.41) is 0. The summed E-state index contributed by atoms with van der Waals surface area (Å²) in [6.07, 6.45) is 4.99. The average molecular weight is 316 g/mol. The van der Waals surface area contributed by atoms with Gasteiger partial charge in [0.2, 0.25) is 0 Å². The molecule has 23 heavy (non-hydrogen) atoms. The maximum Gasteiger partial charge on any atom is 0.126 e. The van der Waals surface area contributed by atoms with Crippen molar-refractivity contribution < 1.29 is 4.74 Å². The van der Waals surface area contributed by atoms with Crippen molar-refractivity contribution in [3.05, 3.63) is 28.3 Å². The maximum absolute atomic E-state index is 6.09. The van der Waals surface area contributed by atoms with Gasteiger partial charge in [0.1, 0.15) is 5.75 Å². The van der Waals surface area contributed by atoms with Crippen molar-refractivity contribution in [2.75, 3.05) is 26.2 Å². The first-order chi connectivity index (χ1) is 10.9. The van der Waals surface area contributed by atoms with Crippen LogP contribution < -0.4 is 4.74 Å². The number of nitrogens with zero attached hydrogens (tertiary/aromatic N) is 1. The molecule has 1 aromatic carbocycles. The van der Waals surface area contributed by atoms with Gasteiger partial charge in [-0.25, -0.2) is 0 Å². The summed E-state index contributed by atoms with van der Waals surface area (Å²) in [4.78, 5) is 2.63. The Morgan fingerprint density at radius 3 is 2.52 bits per heavy atom. The summed E-state index contributed by atoms with van der Waals surface area (Å²) in [7, 11) is 0. The molecule has 0 saturated carbocycles. The van der Waals surface area contributed by atoms with E-state index in [-0.39, 0.29) is 5.41 Å². The largest absolute Gasteiger partial charge is 0.493 e. The van der Waals surface area contributed by atoms with E-state index in [9.17, 15) is 0 Å². The lowest BCUT2D eigenvalue weighted by Crippen LogP contribution is -2.33. The van der Waals surface area contributed by atoms with Gasteiger partial charge in [-0.05, 0) is 68.3 Å². The first-order valence-electron chi connectivity index (χ1n) is 9.43. The smallest absolute Gasteiger partial charge is 0.126 e. The Bertz CT molecular complexity index is 562. The van der Waals surface area contributed by atoms with Crippen LogP contribution in [0.2, 0.25) is 0 Å². The Kier molecular flexibility index (Phi) is 4.73. The molecular weight excluding hydrogens is 282 g/mol. The Labute approximate surface area is 142 Å². The van der Waals surface area contributed by atoms with E-state index >= 15 is 0 Å². The Hall–Kier alpha value is -1.02. The van der Waals surface area contributed by atoms with Crippen molar-refractivity contribution in [3.63, 3.8) is 0 Å². The van der Waals surface area contributed by atoms with Crippen LogP contribution in [0.1, 0.15) is 75.1 Å². The molecule has 0 aromatic heterocycles. The van der Waals surface area contributed by atoms with Crippen molar-refractivity contribution in [3.8, 4) is 5.75 Å². The predicted octanol–water partition coefficient (Wildman–Crippen LogP) is 4.82. The Balaban J connectivity index is 1.91. The van der Waals surface area contributed by atoms with Crippen LogP contribution in [-0.4, -0.2) is 31.1 Å². The lowest BCUT2D eigenvalue weighted by atomic mass is 9.78. The number of fused-ring (bicyclic) bond motifs is 1. The first-order valence-corrected chi connectivity index (χ1v) is 9.43. The summed E-state index contributed by atoms with van der Waals surface area (Å²) >= 11 is 0. The first kappa shape index (κ1) is 16.8. The molecule has 0 amide bonds. The fourth-order valence-electron chi connectivity index (χ4n) is 4.44. The lowest BCUT2D eigenvalue weighted by Gasteiger charge is -2.34. The van der Waals surface area contributed by atoms with Gasteiger partial charge in [-0.2, -0.15) is 0 Å². The lowest BCUT2D eigenvalue weighted by molar-refractivity contribution is 0.212. The third-order valence-corrected chi connectivity index (χ3v) is 5.57. The van der Waals surface area contributed by atoms with Gasteiger partial charge in [-0.15, -0.1) is 0 Å². The topological polar surface area (TPSA) is 12.5 Å². The van der Waals surface area contributed by atoms with Gasteiger partial charge in [0.25, 0.3) is 0 Å². The number of hydrogen-bond donors (Lipinski definition) is 0. The highest BCUT2D eigenvalue weighted by Crippen LogP contribution is 2.44. The van der Waals surface area contributed by atoms with Crippen molar-refractivity contribution in [1.29, 1.82) is 0 Å². The zero-order valence-electron chi connectivity index (χ0n) is 15.7. The molecule has 2 heteroatoms. The molecular formula is C21H33NO. The van der Waals surface area contributed by atoms with Crippen molar-refractivity contribution >= 4 is 0 Å². The van der Waals surface area contributed by atoms with E-state index in [1.165, 1.54) is 61.3 Å². The normalized spacial score (nSPS) is 19.7. The summed E-state index contributed by atoms with van der Waals surface area (Å²) < 4.78 is 6.09. The highest BCUT2D eigenvalue weighted by atomic mass is 16.5. The summed E-state index contributed by atoms with van der Waals surface area (Å²) in [6.45, 7) is 16.1. The molecule has 0 bridgehead atoms. The Morgan fingerprint density at radius 2 is 1.91 bits per heavy atom. The number of piperidine rings is 1. The second kappa shape index (κ2) is 6.47. The SMILES string of the molecule is CCCN1CCC(c2c(C)cc(C(C)(C)C)c3c2CCO3)CC1. The molecule has 128 valence electrons. The molecule has 0 aliphatic carbocycles. The molecule has 0 N–H and O–H groups in total. The van der Waals surface area contributed by atoms with Gasteiger partial charge in [0.05, 0.1) is 6.61 Å². The van der Waals surface area contributed by atoms with Crippen molar-refractivity contribution in [2.24, 2.45) is 0 Å². The van der Waals surface area contributed by atoms with E-state index in [2.05, 4.69) is 45.6 Å². The van der Waals surface area contributed by atoms with Crippen LogP contribution in [-0.2, 0) is 11.8 Å². The summed E-state index contributed by atoms with van der Waals surface area (Å²) in [5.41, 5.74) is 6.20. The minimum atomic E-state index is 0.155. The Morgan fingerprint density at radius 1 is 1.22 bits per heavy atom. The molecule has 3 rings (SSSR count). The van der Waals surface area contributed by atoms with E-state index in [1.807, 2.05) is 0 Å². The van der Waals surface area contributed by atoms with Crippen LogP contribution in [0.15, 0.2) is 6.07 Å². The van der Waals surface area contributed by atoms with Crippen molar-refractivity contribution in [2.45, 2.75) is 71.6 Å². The minimum absolute atomic E-state index is 0.155. The molecule has 0 atom stereocenters. The van der Waals surface area contributed by atoms with Gasteiger partial charge in [-0.1, -0.05) is 33.8 Å². The average Bonchev–Trinajstić information content (AvgIpc) is 2.96. The summed E-state index contributed by atoms with van der Waals surface area (Å²) in [6, 6.07) is 2.41. The zero-order chi connectivity index (χ0) is 16.6. The number of hydrogen-bond acceptors (Lipinski definition) is 2. The number of rotatable bonds is 3. The van der Waals surface area contributed by atoms with Crippen LogP contribution in [0.3, 0.4) is 0 Å². The van der Waals surface area contributed by atoms with Crippen LogP contribution in [0.5, 0.6) is 5.75 Å². The molecule has 1 aromatic rings. The molecule has 1 fully saturated rings. The van der Waals surface area contributed by atoms with Crippen molar-refractivity contribution in [1.82, 2.24) is 4.90 Å². The maximum atomic E-state index is 6.09. The number of benzene rings is 1. The quantitative estimate of drug-likeness (QED) is 0.793. The second-order valence-electron chi connectivity index (χ2n) is 8.43. The monoisotopic (exact) mass is 315 g/mol. The highest BCUT2D eigenvalue weighted by molar-refractivity contribution is 5.55. The van der Waals surface area contributed by atoms with E-state index in [1.54, 1.807) is 5.56 Å². The predicted molar refractivity (Wildman–Crippen MR) is 97.8 cm³/mol. The van der Waals surface area contributed by atoms with E-state index < -0.39 is 0 Å². The fourth-order valence-corrected chi connectivity index (χ4v) is 4.44. The van der Waals surface area contributed by atoms with Gasteiger partial charge in [0.15, 0.2) is 0 Å². The van der Waals surface area contributed by atoms with Gasteiger partial charge in [-0.3, -0.25) is 0 Å². The van der Waals surface area contributed by atoms with E-state index in [4.69, 9.17) is 4.74 Å². The van der Waals surface area contributed by atoms with Crippen LogP contribution in [0.4, 0.5) is 0 Å². The molecule has 0 unspecified atom stereocenters. The molecule has 1 saturated heterocycles. The third kappa shape index (κ3) is 3.28. The van der Waals surface area contributed by atoms with E-state index in [0.29, 0.717) is 0 Å². The molecule has 2 nitrogen and oxygen atoms in total. The van der Waals surface area contributed by atoms with Gasteiger partial charge < -0.3 is 9.64 Å². The number of aryl methyl sites for hydroxylation is 1. The summed E-state index contributed by atoms with van der Waals surface area (Å²) in [5.74, 6) is 1.95. The second-order valence-corrected chi connectivity index (χ2v) is 8.43. The standard InChI is InChI=1S/C21H33NO/c1-6-10-22-11-7-16(8-12-22)19-15(2)14-18(21(3,4)5)20-17(19)9-13-23-20/h14,16H,6-13H2,1-5H3. The van der Waals surface area contributed by atoms with Gasteiger partial charge >= 0.3 is 0 Å². The van der Waals surface area contributed by atoms with E-state index in [0.717, 1.165) is 18.9 Å². The zero-order valence-corrected chi connectivity index (χ0v) is 15.7. The third-order valence-electron chi connectivity index (χ3n) is 5.57. The van der Waals surface area contributed by atoms with Crippen LogP contribution in [0, 0.1) is 6.92 Å². The highest BCUT2D eigenvalue weighted by Gasteiger charge is 2.31. The molecule has 0 spiro atoms.